The highest BCUT2D eigenvalue weighted by molar-refractivity contribution is 5.72. The molecule has 1 aliphatic heterocycles. The Labute approximate surface area is 158 Å². The molecule has 2 heterocycles. The van der Waals surface area contributed by atoms with E-state index in [1.165, 1.54) is 6.20 Å². The van der Waals surface area contributed by atoms with Gasteiger partial charge in [0, 0.05) is 23.9 Å². The predicted molar refractivity (Wildman–Crippen MR) is 103 cm³/mol. The quantitative estimate of drug-likeness (QED) is 0.834. The summed E-state index contributed by atoms with van der Waals surface area (Å²) in [5.41, 5.74) is 7.00. The number of phenols is 1. The molecule has 1 amide bonds. The van der Waals surface area contributed by atoms with Gasteiger partial charge >= 0.3 is 6.09 Å². The number of nitrogens with two attached hydrogens (primary N) is 1. The molecule has 2 atom stereocenters. The van der Waals surface area contributed by atoms with Gasteiger partial charge in [-0.3, -0.25) is 4.90 Å². The van der Waals surface area contributed by atoms with Crippen molar-refractivity contribution in [2.24, 2.45) is 5.92 Å². The van der Waals surface area contributed by atoms with Gasteiger partial charge in [0.25, 0.3) is 0 Å². The fourth-order valence-corrected chi connectivity index (χ4v) is 3.10. The second-order valence-corrected chi connectivity index (χ2v) is 7.61. The van der Waals surface area contributed by atoms with E-state index in [-0.39, 0.29) is 23.7 Å². The summed E-state index contributed by atoms with van der Waals surface area (Å²) in [5, 5.41) is 10.3. The minimum absolute atomic E-state index is 0.0827. The van der Waals surface area contributed by atoms with Crippen LogP contribution in [0.1, 0.15) is 39.3 Å². The molecule has 0 spiro atoms. The van der Waals surface area contributed by atoms with Crippen LogP contribution < -0.4 is 5.73 Å². The van der Waals surface area contributed by atoms with E-state index in [4.69, 9.17) is 10.5 Å². The van der Waals surface area contributed by atoms with E-state index in [1.54, 1.807) is 29.3 Å². The summed E-state index contributed by atoms with van der Waals surface area (Å²) < 4.78 is 5.53. The Bertz CT molecular complexity index is 889. The second-order valence-electron chi connectivity index (χ2n) is 7.61. The van der Waals surface area contributed by atoms with E-state index in [2.05, 4.69) is 9.97 Å². The number of ether oxygens (including phenoxy) is 1. The Morgan fingerprint density at radius 2 is 2.04 bits per heavy atom. The van der Waals surface area contributed by atoms with Gasteiger partial charge in [0.2, 0.25) is 5.95 Å². The fraction of sp³-hybridized carbons (Fsp3) is 0.350. The molecule has 142 valence electrons. The molecule has 7 nitrogen and oxygen atoms in total. The molecule has 0 saturated carbocycles. The van der Waals surface area contributed by atoms with Crippen molar-refractivity contribution in [3.05, 3.63) is 48.3 Å². The molecular formula is C20H24N4O3. The molecule has 1 aromatic carbocycles. The Kier molecular flexibility index (Phi) is 4.78. The Morgan fingerprint density at radius 1 is 1.30 bits per heavy atom. The lowest BCUT2D eigenvalue weighted by molar-refractivity contribution is 0.0265. The van der Waals surface area contributed by atoms with E-state index in [1.807, 2.05) is 39.8 Å². The van der Waals surface area contributed by atoms with E-state index in [0.717, 1.165) is 5.56 Å². The van der Waals surface area contributed by atoms with Gasteiger partial charge in [-0.15, -0.1) is 0 Å². The maximum absolute atomic E-state index is 12.6. The van der Waals surface area contributed by atoms with Crippen molar-refractivity contribution in [1.29, 1.82) is 0 Å². The average molecular weight is 368 g/mol. The Balaban J connectivity index is 1.97. The van der Waals surface area contributed by atoms with Gasteiger partial charge in [-0.25, -0.2) is 14.8 Å². The molecule has 3 N–H and O–H groups in total. The van der Waals surface area contributed by atoms with E-state index in [0.29, 0.717) is 11.3 Å². The summed E-state index contributed by atoms with van der Waals surface area (Å²) in [7, 11) is 0. The molecule has 27 heavy (non-hydrogen) atoms. The van der Waals surface area contributed by atoms with Crippen LogP contribution in [0.4, 0.5) is 10.7 Å². The minimum Gasteiger partial charge on any atom is -0.507 e. The molecule has 3 rings (SSSR count). The molecular weight excluding hydrogens is 344 g/mol. The molecule has 0 saturated heterocycles. The van der Waals surface area contributed by atoms with E-state index < -0.39 is 11.7 Å². The number of nitrogen functional groups attached to an aromatic ring is 1. The average Bonchev–Trinajstić information content (AvgIpc) is 2.96. The van der Waals surface area contributed by atoms with Crippen LogP contribution in [-0.2, 0) is 4.74 Å². The third kappa shape index (κ3) is 4.02. The zero-order chi connectivity index (χ0) is 19.8. The number of hydrogen-bond acceptors (Lipinski definition) is 6. The van der Waals surface area contributed by atoms with Crippen molar-refractivity contribution >= 4 is 12.0 Å². The summed E-state index contributed by atoms with van der Waals surface area (Å²) in [6.07, 6.45) is 4.84. The molecule has 7 heteroatoms. The monoisotopic (exact) mass is 368 g/mol. The Morgan fingerprint density at radius 3 is 2.70 bits per heavy atom. The van der Waals surface area contributed by atoms with Crippen molar-refractivity contribution in [2.45, 2.75) is 39.3 Å². The highest BCUT2D eigenvalue weighted by Crippen LogP contribution is 2.39. The zero-order valence-corrected chi connectivity index (χ0v) is 15.9. The van der Waals surface area contributed by atoms with Crippen molar-refractivity contribution in [3.63, 3.8) is 0 Å². The first-order valence-corrected chi connectivity index (χ1v) is 8.77. The number of amides is 1. The number of hydrogen-bond donors (Lipinski definition) is 2. The molecule has 0 radical (unpaired) electrons. The lowest BCUT2D eigenvalue weighted by Crippen LogP contribution is -2.35. The number of benzene rings is 1. The van der Waals surface area contributed by atoms with Crippen LogP contribution in [0.5, 0.6) is 5.75 Å². The van der Waals surface area contributed by atoms with Crippen molar-refractivity contribution in [3.8, 4) is 17.0 Å². The topological polar surface area (TPSA) is 102 Å². The third-order valence-corrected chi connectivity index (χ3v) is 4.26. The first-order valence-electron chi connectivity index (χ1n) is 8.77. The first kappa shape index (κ1) is 18.7. The number of aromatic hydroxyl groups is 1. The molecule has 0 fully saturated rings. The van der Waals surface area contributed by atoms with Crippen molar-refractivity contribution < 1.29 is 14.6 Å². The van der Waals surface area contributed by atoms with Gasteiger partial charge in [0.1, 0.15) is 11.4 Å². The molecule has 2 unspecified atom stereocenters. The zero-order valence-electron chi connectivity index (χ0n) is 15.9. The molecule has 0 bridgehead atoms. The van der Waals surface area contributed by atoms with Crippen LogP contribution in [0, 0.1) is 5.92 Å². The van der Waals surface area contributed by atoms with Crippen molar-refractivity contribution in [1.82, 2.24) is 14.9 Å². The highest BCUT2D eigenvalue weighted by atomic mass is 16.6. The van der Waals surface area contributed by atoms with Gasteiger partial charge in [0.05, 0.1) is 11.7 Å². The predicted octanol–water partition coefficient (Wildman–Crippen LogP) is 3.87. The normalized spacial score (nSPS) is 19.3. The minimum atomic E-state index is -0.583. The molecule has 1 aromatic heterocycles. The van der Waals surface area contributed by atoms with Crippen LogP contribution in [0.3, 0.4) is 0 Å². The highest BCUT2D eigenvalue weighted by Gasteiger charge is 2.34. The summed E-state index contributed by atoms with van der Waals surface area (Å²) in [6, 6.07) is 6.66. The number of nitrogens with zero attached hydrogens (tertiary/aromatic N) is 3. The van der Waals surface area contributed by atoms with Gasteiger partial charge in [-0.2, -0.15) is 0 Å². The van der Waals surface area contributed by atoms with Crippen LogP contribution in [0.15, 0.2) is 42.7 Å². The van der Waals surface area contributed by atoms with Crippen LogP contribution >= 0.6 is 0 Å². The first-order chi connectivity index (χ1) is 12.7. The van der Waals surface area contributed by atoms with Gasteiger partial charge in [-0.1, -0.05) is 19.1 Å². The maximum atomic E-state index is 12.6. The lowest BCUT2D eigenvalue weighted by atomic mass is 9.94. The molecule has 2 aromatic rings. The number of rotatable bonds is 2. The van der Waals surface area contributed by atoms with Gasteiger partial charge < -0.3 is 15.6 Å². The summed E-state index contributed by atoms with van der Waals surface area (Å²) >= 11 is 0. The standard InChI is InChI=1S/C20H24N4O3/c1-12-8-10-24(19(26)27-20(2,3)4)17(12)13-5-6-16(25)14(11-13)15-7-9-22-18(21)23-15/h5-12,17,25H,1-4H3,(H2,21,22,23). The summed E-state index contributed by atoms with van der Waals surface area (Å²) in [4.78, 5) is 22.3. The van der Waals surface area contributed by atoms with Crippen LogP contribution in [-0.4, -0.2) is 31.7 Å². The lowest BCUT2D eigenvalue weighted by Gasteiger charge is -2.30. The smallest absolute Gasteiger partial charge is 0.414 e. The number of carbonyl (C=O) groups excluding carboxylic acids is 1. The number of anilines is 1. The van der Waals surface area contributed by atoms with E-state index >= 15 is 0 Å². The maximum Gasteiger partial charge on any atom is 0.414 e. The fourth-order valence-electron chi connectivity index (χ4n) is 3.10. The number of carbonyl (C=O) groups is 1. The Hall–Kier alpha value is -3.09. The van der Waals surface area contributed by atoms with Crippen LogP contribution in [0.25, 0.3) is 11.3 Å². The van der Waals surface area contributed by atoms with Crippen LogP contribution in [0.2, 0.25) is 0 Å². The summed E-state index contributed by atoms with van der Waals surface area (Å²) in [6.45, 7) is 7.53. The van der Waals surface area contributed by atoms with Gasteiger partial charge in [-0.05, 0) is 44.5 Å². The third-order valence-electron chi connectivity index (χ3n) is 4.26. The number of phenolic OH excluding ortho intramolecular Hbond substituents is 1. The largest absolute Gasteiger partial charge is 0.507 e. The molecule has 0 aliphatic carbocycles. The summed E-state index contributed by atoms with van der Waals surface area (Å²) in [5.74, 6) is 0.299. The number of aromatic nitrogens is 2. The van der Waals surface area contributed by atoms with E-state index in [9.17, 15) is 9.90 Å². The molecule has 1 aliphatic rings. The van der Waals surface area contributed by atoms with Gasteiger partial charge in [0.15, 0.2) is 0 Å². The van der Waals surface area contributed by atoms with Crippen molar-refractivity contribution in [2.75, 3.05) is 5.73 Å². The SMILES string of the molecule is CC1C=CN(C(=O)OC(C)(C)C)C1c1ccc(O)c(-c2ccnc(N)n2)c1. The second kappa shape index (κ2) is 6.90.